The van der Waals surface area contributed by atoms with Crippen LogP contribution in [0, 0.1) is 0 Å². The molecule has 21 heavy (non-hydrogen) atoms. The molecule has 118 valence electrons. The van der Waals surface area contributed by atoms with E-state index in [9.17, 15) is 14.4 Å². The van der Waals surface area contributed by atoms with Gasteiger partial charge in [0.2, 0.25) is 0 Å². The third-order valence-electron chi connectivity index (χ3n) is 2.10. The van der Waals surface area contributed by atoms with Crippen molar-refractivity contribution in [1.82, 2.24) is 5.32 Å². The van der Waals surface area contributed by atoms with Crippen LogP contribution in [-0.2, 0) is 23.8 Å². The van der Waals surface area contributed by atoms with Crippen LogP contribution in [0.1, 0.15) is 27.2 Å². The maximum Gasteiger partial charge on any atom is 0.407 e. The summed E-state index contributed by atoms with van der Waals surface area (Å²) in [6, 6.07) is 0. The average molecular weight is 299 g/mol. The molecule has 0 aromatic heterocycles. The van der Waals surface area contributed by atoms with Crippen molar-refractivity contribution >= 4 is 18.0 Å². The van der Waals surface area contributed by atoms with Gasteiger partial charge >= 0.3 is 18.0 Å². The lowest BCUT2D eigenvalue weighted by molar-refractivity contribution is -0.139. The Kier molecular flexibility index (Phi) is 9.32. The number of esters is 2. The van der Waals surface area contributed by atoms with Gasteiger partial charge in [0.25, 0.3) is 0 Å². The molecule has 0 aromatic carbocycles. The summed E-state index contributed by atoms with van der Waals surface area (Å²) in [6.45, 7) is 8.21. The first kappa shape index (κ1) is 18.7. The molecule has 0 fully saturated rings. The first-order valence-corrected chi connectivity index (χ1v) is 6.47. The Balaban J connectivity index is 3.85. The summed E-state index contributed by atoms with van der Waals surface area (Å²) in [4.78, 5) is 33.1. The maximum atomic E-state index is 11.3. The maximum absolute atomic E-state index is 11.3. The monoisotopic (exact) mass is 299 g/mol. The van der Waals surface area contributed by atoms with Gasteiger partial charge < -0.3 is 19.5 Å². The summed E-state index contributed by atoms with van der Waals surface area (Å²) >= 11 is 0. The third-order valence-corrected chi connectivity index (χ3v) is 2.10. The Hall–Kier alpha value is -2.31. The molecule has 0 radical (unpaired) electrons. The van der Waals surface area contributed by atoms with Gasteiger partial charge in [0.1, 0.15) is 19.0 Å². The number of amides is 1. The summed E-state index contributed by atoms with van der Waals surface area (Å²) in [5.41, 5.74) is 0.292. The Morgan fingerprint density at radius 3 is 2.38 bits per heavy atom. The average Bonchev–Trinajstić information content (AvgIpc) is 2.41. The molecule has 0 aromatic rings. The molecule has 0 spiro atoms. The zero-order chi connectivity index (χ0) is 16.3. The lowest BCUT2D eigenvalue weighted by Gasteiger charge is -2.07. The van der Waals surface area contributed by atoms with Gasteiger partial charge in [-0.1, -0.05) is 13.5 Å². The number of ether oxygens (including phenoxy) is 3. The van der Waals surface area contributed by atoms with E-state index < -0.39 is 18.0 Å². The van der Waals surface area contributed by atoms with Crippen molar-refractivity contribution in [3.63, 3.8) is 0 Å². The smallest absolute Gasteiger partial charge is 0.407 e. The molecular formula is C14H21NO6. The van der Waals surface area contributed by atoms with Crippen molar-refractivity contribution in [2.75, 3.05) is 19.8 Å². The minimum atomic E-state index is -0.657. The summed E-state index contributed by atoms with van der Waals surface area (Å²) in [7, 11) is 0. The van der Waals surface area contributed by atoms with Crippen LogP contribution < -0.4 is 5.32 Å². The number of rotatable bonds is 8. The van der Waals surface area contributed by atoms with Crippen LogP contribution in [0.5, 0.6) is 0 Å². The molecule has 0 rings (SSSR count). The molecule has 1 amide bonds. The van der Waals surface area contributed by atoms with E-state index in [1.165, 1.54) is 19.9 Å². The van der Waals surface area contributed by atoms with Crippen molar-refractivity contribution in [3.05, 3.63) is 24.0 Å². The number of carbonyl (C=O) groups excluding carboxylic acids is 3. The number of carbonyl (C=O) groups is 3. The van der Waals surface area contributed by atoms with Crippen LogP contribution >= 0.6 is 0 Å². The molecular weight excluding hydrogens is 278 g/mol. The lowest BCUT2D eigenvalue weighted by Crippen LogP contribution is -2.28. The highest BCUT2D eigenvalue weighted by Crippen LogP contribution is 2.02. The van der Waals surface area contributed by atoms with Crippen molar-refractivity contribution in [3.8, 4) is 0 Å². The Labute approximate surface area is 123 Å². The third kappa shape index (κ3) is 10.2. The Morgan fingerprint density at radius 1 is 1.19 bits per heavy atom. The summed E-state index contributed by atoms with van der Waals surface area (Å²) < 4.78 is 14.5. The minimum absolute atomic E-state index is 0.0200. The number of hydrogen-bond acceptors (Lipinski definition) is 6. The highest BCUT2D eigenvalue weighted by molar-refractivity contribution is 5.86. The molecule has 0 heterocycles. The fraction of sp³-hybridized carbons (Fsp3) is 0.500. The van der Waals surface area contributed by atoms with E-state index in [1.54, 1.807) is 0 Å². The summed E-state index contributed by atoms with van der Waals surface area (Å²) in [5.74, 6) is -0.500. The van der Waals surface area contributed by atoms with E-state index >= 15 is 0 Å². The topological polar surface area (TPSA) is 90.9 Å². The van der Waals surface area contributed by atoms with Crippen LogP contribution in [0.4, 0.5) is 4.79 Å². The van der Waals surface area contributed by atoms with E-state index in [0.717, 1.165) is 0 Å². The SMILES string of the molecule is C=C(C)C(=O)OCCNC(=O)OC/C=C(/CC)OC(C)=O. The lowest BCUT2D eigenvalue weighted by atomic mass is 10.3. The van der Waals surface area contributed by atoms with Gasteiger partial charge in [-0.25, -0.2) is 9.59 Å². The van der Waals surface area contributed by atoms with E-state index in [2.05, 4.69) is 11.9 Å². The van der Waals surface area contributed by atoms with Crippen LogP contribution in [0.15, 0.2) is 24.0 Å². The first-order chi connectivity index (χ1) is 9.86. The highest BCUT2D eigenvalue weighted by atomic mass is 16.6. The zero-order valence-corrected chi connectivity index (χ0v) is 12.6. The molecule has 0 aliphatic heterocycles. The zero-order valence-electron chi connectivity index (χ0n) is 12.6. The van der Waals surface area contributed by atoms with Crippen molar-refractivity contribution in [2.45, 2.75) is 27.2 Å². The number of alkyl carbamates (subject to hydrolysis) is 1. The molecule has 0 aliphatic carbocycles. The number of nitrogens with one attached hydrogen (secondary N) is 1. The Morgan fingerprint density at radius 2 is 1.86 bits per heavy atom. The molecule has 7 nitrogen and oxygen atoms in total. The van der Waals surface area contributed by atoms with E-state index in [1.807, 2.05) is 6.92 Å². The van der Waals surface area contributed by atoms with Gasteiger partial charge in [0.05, 0.1) is 6.54 Å². The van der Waals surface area contributed by atoms with Gasteiger partial charge in [-0.3, -0.25) is 4.79 Å². The fourth-order valence-electron chi connectivity index (χ4n) is 1.12. The summed E-state index contributed by atoms with van der Waals surface area (Å²) in [5, 5.41) is 2.40. The standard InChI is InChI=1S/C14H21NO6/c1-5-12(21-11(4)16)6-8-20-14(18)15-7-9-19-13(17)10(2)3/h6H,2,5,7-9H2,1,3-4H3,(H,15,18)/b12-6-. The molecule has 1 N–H and O–H groups in total. The van der Waals surface area contributed by atoms with Crippen LogP contribution in [-0.4, -0.2) is 37.8 Å². The van der Waals surface area contributed by atoms with Gasteiger partial charge in [0, 0.05) is 18.9 Å². The second-order valence-electron chi connectivity index (χ2n) is 4.06. The molecule has 0 unspecified atom stereocenters. The van der Waals surface area contributed by atoms with Gasteiger partial charge in [-0.2, -0.15) is 0 Å². The van der Waals surface area contributed by atoms with Crippen molar-refractivity contribution < 1.29 is 28.6 Å². The molecule has 0 saturated heterocycles. The highest BCUT2D eigenvalue weighted by Gasteiger charge is 2.05. The second-order valence-corrected chi connectivity index (χ2v) is 4.06. The van der Waals surface area contributed by atoms with E-state index in [4.69, 9.17) is 14.2 Å². The predicted molar refractivity (Wildman–Crippen MR) is 75.3 cm³/mol. The summed E-state index contributed by atoms with van der Waals surface area (Å²) in [6.07, 6.45) is 1.36. The normalized spacial score (nSPS) is 10.5. The first-order valence-electron chi connectivity index (χ1n) is 6.47. The molecule has 0 aliphatic rings. The van der Waals surface area contributed by atoms with Crippen LogP contribution in [0.2, 0.25) is 0 Å². The number of hydrogen-bond donors (Lipinski definition) is 1. The predicted octanol–water partition coefficient (Wildman–Crippen LogP) is 1.69. The second kappa shape index (κ2) is 10.5. The molecule has 7 heteroatoms. The van der Waals surface area contributed by atoms with Gasteiger partial charge in [0.15, 0.2) is 0 Å². The van der Waals surface area contributed by atoms with Gasteiger partial charge in [-0.05, 0) is 13.0 Å². The number of allylic oxidation sites excluding steroid dienone is 1. The van der Waals surface area contributed by atoms with E-state index in [0.29, 0.717) is 17.8 Å². The van der Waals surface area contributed by atoms with E-state index in [-0.39, 0.29) is 19.8 Å². The molecule has 0 saturated carbocycles. The van der Waals surface area contributed by atoms with Gasteiger partial charge in [-0.15, -0.1) is 0 Å². The van der Waals surface area contributed by atoms with Crippen molar-refractivity contribution in [1.29, 1.82) is 0 Å². The van der Waals surface area contributed by atoms with Crippen LogP contribution in [0.3, 0.4) is 0 Å². The Bertz CT molecular complexity index is 427. The fourth-order valence-corrected chi connectivity index (χ4v) is 1.12. The molecule has 0 atom stereocenters. The van der Waals surface area contributed by atoms with Crippen molar-refractivity contribution in [2.24, 2.45) is 0 Å². The molecule has 0 bridgehead atoms. The largest absolute Gasteiger partial charge is 0.460 e. The quantitative estimate of drug-likeness (QED) is 0.241. The minimum Gasteiger partial charge on any atom is -0.460 e. The van der Waals surface area contributed by atoms with Crippen LogP contribution in [0.25, 0.3) is 0 Å².